The number of rotatable bonds is 1. The Labute approximate surface area is 50.1 Å². The molecule has 0 heterocycles. The van der Waals surface area contributed by atoms with Gasteiger partial charge in [0.1, 0.15) is 0 Å². The lowest BCUT2D eigenvalue weighted by Crippen LogP contribution is -1.96. The summed E-state index contributed by atoms with van der Waals surface area (Å²) in [4.78, 5) is 0. The lowest BCUT2D eigenvalue weighted by molar-refractivity contribution is 0.726. The molecule has 0 rings (SSSR count). The summed E-state index contributed by atoms with van der Waals surface area (Å²) in [5, 5.41) is 0. The Bertz CT molecular complexity index is 26.5. The summed E-state index contributed by atoms with van der Waals surface area (Å²) < 4.78 is 0.241. The summed E-state index contributed by atoms with van der Waals surface area (Å²) in [6, 6.07) is 0. The third-order valence-corrected chi connectivity index (χ3v) is 1.79. The van der Waals surface area contributed by atoms with Crippen molar-refractivity contribution in [2.45, 2.75) is 18.4 Å². The molecule has 6 heavy (non-hydrogen) atoms. The first-order valence-corrected chi connectivity index (χ1v) is 3.04. The van der Waals surface area contributed by atoms with Crippen LogP contribution in [0.25, 0.3) is 0 Å². The van der Waals surface area contributed by atoms with Gasteiger partial charge in [-0.1, -0.05) is 13.8 Å². The van der Waals surface area contributed by atoms with Gasteiger partial charge in [-0.2, -0.15) is 25.3 Å². The van der Waals surface area contributed by atoms with Crippen LogP contribution >= 0.6 is 25.3 Å². The van der Waals surface area contributed by atoms with E-state index in [1.54, 1.807) is 0 Å². The molecule has 0 bridgehead atoms. The van der Waals surface area contributed by atoms with Crippen LogP contribution in [0.2, 0.25) is 0 Å². The van der Waals surface area contributed by atoms with Crippen LogP contribution in [0.15, 0.2) is 0 Å². The van der Waals surface area contributed by atoms with E-state index in [1.165, 1.54) is 0 Å². The van der Waals surface area contributed by atoms with Crippen LogP contribution in [0.1, 0.15) is 13.8 Å². The van der Waals surface area contributed by atoms with E-state index in [-0.39, 0.29) is 4.58 Å². The van der Waals surface area contributed by atoms with Crippen LogP contribution in [-0.4, -0.2) is 4.58 Å². The second-order valence-corrected chi connectivity index (χ2v) is 3.18. The fourth-order valence-corrected chi connectivity index (χ4v) is 0. The molecule has 0 atom stereocenters. The maximum Gasteiger partial charge on any atom is 0.0465 e. The largest absolute Gasteiger partial charge is 0.165 e. The predicted molar refractivity (Wildman–Crippen MR) is 36.6 cm³/mol. The van der Waals surface area contributed by atoms with Crippen molar-refractivity contribution in [2.75, 3.05) is 0 Å². The highest BCUT2D eigenvalue weighted by molar-refractivity contribution is 7.99. The molecule has 0 radical (unpaired) electrons. The summed E-state index contributed by atoms with van der Waals surface area (Å²) in [6.07, 6.45) is 0. The molecule has 0 aliphatic rings. The fraction of sp³-hybridized carbons (Fsp3) is 1.00. The second-order valence-electron chi connectivity index (χ2n) is 1.66. The highest BCUT2D eigenvalue weighted by atomic mass is 32.2. The Morgan fingerprint density at radius 1 is 1.17 bits per heavy atom. The van der Waals surface area contributed by atoms with Gasteiger partial charge in [-0.3, -0.25) is 0 Å². The van der Waals surface area contributed by atoms with Crippen molar-refractivity contribution < 1.29 is 0 Å². The lowest BCUT2D eigenvalue weighted by Gasteiger charge is -2.03. The first-order chi connectivity index (χ1) is 2.64. The Morgan fingerprint density at radius 2 is 1.33 bits per heavy atom. The number of hydrogen-bond donors (Lipinski definition) is 2. The van der Waals surface area contributed by atoms with Gasteiger partial charge in [0.25, 0.3) is 0 Å². The molecule has 38 valence electrons. The van der Waals surface area contributed by atoms with Crippen LogP contribution in [0, 0.1) is 5.92 Å². The zero-order valence-corrected chi connectivity index (χ0v) is 5.84. The molecule has 0 saturated carbocycles. The molecule has 0 aromatic heterocycles. The van der Waals surface area contributed by atoms with Crippen LogP contribution in [0.3, 0.4) is 0 Å². The van der Waals surface area contributed by atoms with Gasteiger partial charge in [0.15, 0.2) is 0 Å². The second kappa shape index (κ2) is 2.80. The molecule has 0 fully saturated rings. The van der Waals surface area contributed by atoms with Crippen molar-refractivity contribution >= 4 is 25.3 Å². The predicted octanol–water partition coefficient (Wildman–Crippen LogP) is 1.83. The Kier molecular flexibility index (Phi) is 3.13. The van der Waals surface area contributed by atoms with E-state index in [0.717, 1.165) is 0 Å². The van der Waals surface area contributed by atoms with Crippen LogP contribution in [0.4, 0.5) is 0 Å². The van der Waals surface area contributed by atoms with Gasteiger partial charge in [-0.05, 0) is 5.92 Å². The summed E-state index contributed by atoms with van der Waals surface area (Å²) in [6.45, 7) is 4.18. The van der Waals surface area contributed by atoms with Crippen molar-refractivity contribution in [3.05, 3.63) is 0 Å². The Morgan fingerprint density at radius 3 is 1.33 bits per heavy atom. The smallest absolute Gasteiger partial charge is 0.0465 e. The van der Waals surface area contributed by atoms with Gasteiger partial charge in [0.05, 0.1) is 0 Å². The fourth-order valence-electron chi connectivity index (χ4n) is 0. The summed E-state index contributed by atoms with van der Waals surface area (Å²) in [5.41, 5.74) is 0. The topological polar surface area (TPSA) is 0 Å². The molecule has 0 N–H and O–H groups in total. The highest BCUT2D eigenvalue weighted by Crippen LogP contribution is 2.10. The average Bonchev–Trinajstić information content (AvgIpc) is 1.36. The standard InChI is InChI=1S/C4H10S2/c1-3(2)4(5)6/h3-6H,1-2H3. The first kappa shape index (κ1) is 6.70. The van der Waals surface area contributed by atoms with E-state index in [1.807, 2.05) is 0 Å². The van der Waals surface area contributed by atoms with E-state index in [4.69, 9.17) is 0 Å². The minimum Gasteiger partial charge on any atom is -0.165 e. The van der Waals surface area contributed by atoms with Gasteiger partial charge in [0, 0.05) is 4.58 Å². The molecule has 0 unspecified atom stereocenters. The monoisotopic (exact) mass is 122 g/mol. The first-order valence-electron chi connectivity index (χ1n) is 2.00. The quantitative estimate of drug-likeness (QED) is 0.385. The lowest BCUT2D eigenvalue weighted by atomic mass is 10.3. The zero-order valence-electron chi connectivity index (χ0n) is 4.05. The van der Waals surface area contributed by atoms with E-state index < -0.39 is 0 Å². The van der Waals surface area contributed by atoms with Crippen LogP contribution < -0.4 is 0 Å². The van der Waals surface area contributed by atoms with Crippen molar-refractivity contribution in [1.29, 1.82) is 0 Å². The molecule has 0 aromatic carbocycles. The molecule has 0 aliphatic heterocycles. The van der Waals surface area contributed by atoms with Crippen molar-refractivity contribution in [3.63, 3.8) is 0 Å². The maximum atomic E-state index is 4.06. The third kappa shape index (κ3) is 2.91. The zero-order chi connectivity index (χ0) is 5.15. The van der Waals surface area contributed by atoms with Gasteiger partial charge in [-0.25, -0.2) is 0 Å². The van der Waals surface area contributed by atoms with Crippen LogP contribution in [-0.2, 0) is 0 Å². The molecular weight excluding hydrogens is 112 g/mol. The third-order valence-electron chi connectivity index (χ3n) is 0.596. The molecule has 0 amide bonds. The molecular formula is C4H10S2. The van der Waals surface area contributed by atoms with Gasteiger partial charge in [-0.15, -0.1) is 0 Å². The van der Waals surface area contributed by atoms with E-state index in [2.05, 4.69) is 39.1 Å². The molecule has 2 heteroatoms. The summed E-state index contributed by atoms with van der Waals surface area (Å²) in [5.74, 6) is 0.580. The summed E-state index contributed by atoms with van der Waals surface area (Å²) in [7, 11) is 0. The molecule has 0 aromatic rings. The molecule has 0 nitrogen and oxygen atoms in total. The van der Waals surface area contributed by atoms with Gasteiger partial charge in [0.2, 0.25) is 0 Å². The molecule has 0 saturated heterocycles. The summed E-state index contributed by atoms with van der Waals surface area (Å²) >= 11 is 8.11. The molecule has 0 spiro atoms. The minimum atomic E-state index is 0.241. The van der Waals surface area contributed by atoms with Crippen LogP contribution in [0.5, 0.6) is 0 Å². The van der Waals surface area contributed by atoms with E-state index in [9.17, 15) is 0 Å². The van der Waals surface area contributed by atoms with E-state index >= 15 is 0 Å². The maximum absolute atomic E-state index is 4.06. The minimum absolute atomic E-state index is 0.241. The number of thiol groups is 2. The molecule has 0 aliphatic carbocycles. The Hall–Kier alpha value is 0.700. The normalized spacial score (nSPS) is 11.0. The van der Waals surface area contributed by atoms with Crippen molar-refractivity contribution in [2.24, 2.45) is 5.92 Å². The number of hydrogen-bond acceptors (Lipinski definition) is 2. The van der Waals surface area contributed by atoms with Crippen molar-refractivity contribution in [3.8, 4) is 0 Å². The average molecular weight is 122 g/mol. The Balaban J connectivity index is 2.99. The van der Waals surface area contributed by atoms with Crippen molar-refractivity contribution in [1.82, 2.24) is 0 Å². The van der Waals surface area contributed by atoms with E-state index in [0.29, 0.717) is 5.92 Å². The SMILES string of the molecule is CC(C)C(S)S. The highest BCUT2D eigenvalue weighted by Gasteiger charge is 1.97. The van der Waals surface area contributed by atoms with Gasteiger partial charge < -0.3 is 0 Å². The van der Waals surface area contributed by atoms with Gasteiger partial charge >= 0.3 is 0 Å².